The molecule has 2 aliphatic rings. The van der Waals surface area contributed by atoms with E-state index in [4.69, 9.17) is 10.5 Å². The summed E-state index contributed by atoms with van der Waals surface area (Å²) in [5.74, 6) is 0. The second-order valence-corrected chi connectivity index (χ2v) is 4.76. The number of cyclic esters (lactones) is 1. The molecule has 17 heavy (non-hydrogen) atoms. The minimum absolute atomic E-state index is 0.0145. The molecular weight excluding hydrogens is 216 g/mol. The SMILES string of the molecule is NCc1ccccc1N1C(=O)OCCC12CC2. The first kappa shape index (κ1) is 10.6. The zero-order valence-electron chi connectivity index (χ0n) is 9.69. The van der Waals surface area contributed by atoms with Gasteiger partial charge in [0.25, 0.3) is 0 Å². The lowest BCUT2D eigenvalue weighted by molar-refractivity contribution is 0.126. The summed E-state index contributed by atoms with van der Waals surface area (Å²) in [7, 11) is 0. The van der Waals surface area contributed by atoms with Crippen LogP contribution in [0.4, 0.5) is 10.5 Å². The molecule has 1 heterocycles. The summed E-state index contributed by atoms with van der Waals surface area (Å²) >= 11 is 0. The van der Waals surface area contributed by atoms with E-state index in [0.717, 1.165) is 30.5 Å². The molecule has 2 N–H and O–H groups in total. The maximum atomic E-state index is 12.0. The van der Waals surface area contributed by atoms with Crippen molar-refractivity contribution in [2.45, 2.75) is 31.3 Å². The van der Waals surface area contributed by atoms with Gasteiger partial charge in [0.05, 0.1) is 17.8 Å². The van der Waals surface area contributed by atoms with Crippen molar-refractivity contribution in [3.05, 3.63) is 29.8 Å². The molecule has 2 fully saturated rings. The molecule has 1 saturated heterocycles. The summed E-state index contributed by atoms with van der Waals surface area (Å²) < 4.78 is 5.17. The van der Waals surface area contributed by atoms with Gasteiger partial charge in [-0.25, -0.2) is 4.79 Å². The standard InChI is InChI=1S/C13H16N2O2/c14-9-10-3-1-2-4-11(10)15-12(16)17-8-7-13(15)5-6-13/h1-4H,5-9,14H2. The number of anilines is 1. The molecule has 3 rings (SSSR count). The number of benzene rings is 1. The van der Waals surface area contributed by atoms with Crippen LogP contribution in [0.15, 0.2) is 24.3 Å². The smallest absolute Gasteiger partial charge is 0.414 e. The lowest BCUT2D eigenvalue weighted by Gasteiger charge is -2.36. The summed E-state index contributed by atoms with van der Waals surface area (Å²) in [6.45, 7) is 0.982. The Hall–Kier alpha value is -1.55. The number of carbonyl (C=O) groups excluding carboxylic acids is 1. The van der Waals surface area contributed by atoms with E-state index < -0.39 is 0 Å². The number of carbonyl (C=O) groups is 1. The van der Waals surface area contributed by atoms with Gasteiger partial charge < -0.3 is 10.5 Å². The van der Waals surface area contributed by atoms with E-state index in [0.29, 0.717) is 13.2 Å². The Bertz CT molecular complexity index is 454. The molecule has 0 radical (unpaired) electrons. The quantitative estimate of drug-likeness (QED) is 0.848. The first-order valence-electron chi connectivity index (χ1n) is 6.02. The van der Waals surface area contributed by atoms with Gasteiger partial charge in [-0.15, -0.1) is 0 Å². The lowest BCUT2D eigenvalue weighted by Crippen LogP contribution is -2.48. The second kappa shape index (κ2) is 3.74. The maximum Gasteiger partial charge on any atom is 0.414 e. The average Bonchev–Trinajstić information content (AvgIpc) is 3.10. The van der Waals surface area contributed by atoms with E-state index in [9.17, 15) is 4.79 Å². The van der Waals surface area contributed by atoms with Gasteiger partial charge in [0.15, 0.2) is 0 Å². The van der Waals surface area contributed by atoms with E-state index in [1.807, 2.05) is 29.2 Å². The van der Waals surface area contributed by atoms with Crippen molar-refractivity contribution in [3.63, 3.8) is 0 Å². The molecule has 1 aliphatic heterocycles. The number of nitrogens with zero attached hydrogens (tertiary/aromatic N) is 1. The highest BCUT2D eigenvalue weighted by Crippen LogP contribution is 2.49. The zero-order chi connectivity index (χ0) is 11.9. The number of rotatable bonds is 2. The van der Waals surface area contributed by atoms with Crippen molar-refractivity contribution >= 4 is 11.8 Å². The fourth-order valence-electron chi connectivity index (χ4n) is 2.57. The van der Waals surface area contributed by atoms with Crippen LogP contribution in [0.1, 0.15) is 24.8 Å². The normalized spacial score (nSPS) is 21.5. The molecule has 1 saturated carbocycles. The predicted molar refractivity (Wildman–Crippen MR) is 64.7 cm³/mol. The molecule has 1 amide bonds. The summed E-state index contributed by atoms with van der Waals surface area (Å²) in [5, 5.41) is 0. The van der Waals surface area contributed by atoms with E-state index in [1.165, 1.54) is 0 Å². The Morgan fingerprint density at radius 1 is 1.29 bits per heavy atom. The monoisotopic (exact) mass is 232 g/mol. The van der Waals surface area contributed by atoms with E-state index in [1.54, 1.807) is 0 Å². The summed E-state index contributed by atoms with van der Waals surface area (Å²) in [5.41, 5.74) is 7.66. The lowest BCUT2D eigenvalue weighted by atomic mass is 10.1. The number of hydrogen-bond donors (Lipinski definition) is 1. The molecule has 1 aromatic carbocycles. The first-order valence-corrected chi connectivity index (χ1v) is 6.02. The molecule has 4 heteroatoms. The van der Waals surface area contributed by atoms with Crippen LogP contribution in [0.2, 0.25) is 0 Å². The summed E-state index contributed by atoms with van der Waals surface area (Å²) in [6.07, 6.45) is 2.84. The Kier molecular flexibility index (Phi) is 2.33. The van der Waals surface area contributed by atoms with Crippen molar-refractivity contribution < 1.29 is 9.53 Å². The zero-order valence-corrected chi connectivity index (χ0v) is 9.69. The van der Waals surface area contributed by atoms with Crippen molar-refractivity contribution in [2.75, 3.05) is 11.5 Å². The van der Waals surface area contributed by atoms with Crippen molar-refractivity contribution in [3.8, 4) is 0 Å². The molecule has 0 bridgehead atoms. The number of nitrogens with two attached hydrogens (primary N) is 1. The number of para-hydroxylation sites is 1. The third-order valence-electron chi connectivity index (χ3n) is 3.73. The van der Waals surface area contributed by atoms with Gasteiger partial charge in [-0.2, -0.15) is 0 Å². The van der Waals surface area contributed by atoms with Gasteiger partial charge in [0.2, 0.25) is 0 Å². The van der Waals surface area contributed by atoms with Crippen LogP contribution in [0.3, 0.4) is 0 Å². The molecule has 1 aromatic rings. The Morgan fingerprint density at radius 2 is 2.06 bits per heavy atom. The van der Waals surface area contributed by atoms with Crippen LogP contribution in [0, 0.1) is 0 Å². The van der Waals surface area contributed by atoms with Crippen LogP contribution in [-0.4, -0.2) is 18.2 Å². The van der Waals surface area contributed by atoms with Gasteiger partial charge >= 0.3 is 6.09 Å². The number of hydrogen-bond acceptors (Lipinski definition) is 3. The molecule has 1 aliphatic carbocycles. The number of ether oxygens (including phenoxy) is 1. The second-order valence-electron chi connectivity index (χ2n) is 4.76. The number of amides is 1. The van der Waals surface area contributed by atoms with E-state index in [-0.39, 0.29) is 11.6 Å². The fraction of sp³-hybridized carbons (Fsp3) is 0.462. The Labute approximate surface area is 100 Å². The maximum absolute atomic E-state index is 12.0. The van der Waals surface area contributed by atoms with Crippen molar-refractivity contribution in [1.82, 2.24) is 0 Å². The third-order valence-corrected chi connectivity index (χ3v) is 3.73. The molecule has 0 unspecified atom stereocenters. The van der Waals surface area contributed by atoms with Gasteiger partial charge in [-0.1, -0.05) is 18.2 Å². The van der Waals surface area contributed by atoms with Crippen LogP contribution in [0.5, 0.6) is 0 Å². The largest absolute Gasteiger partial charge is 0.449 e. The van der Waals surface area contributed by atoms with Gasteiger partial charge in [-0.05, 0) is 24.5 Å². The summed E-state index contributed by atoms with van der Waals surface area (Å²) in [6, 6.07) is 7.80. The molecule has 1 spiro atoms. The molecule has 0 aromatic heterocycles. The summed E-state index contributed by atoms with van der Waals surface area (Å²) in [4.78, 5) is 13.8. The average molecular weight is 232 g/mol. The highest BCUT2D eigenvalue weighted by atomic mass is 16.6. The molecule has 4 nitrogen and oxygen atoms in total. The fourth-order valence-corrected chi connectivity index (χ4v) is 2.57. The van der Waals surface area contributed by atoms with Crippen LogP contribution < -0.4 is 10.6 Å². The van der Waals surface area contributed by atoms with Gasteiger partial charge in [0.1, 0.15) is 0 Å². The van der Waals surface area contributed by atoms with Crippen molar-refractivity contribution in [1.29, 1.82) is 0 Å². The molecular formula is C13H16N2O2. The minimum Gasteiger partial charge on any atom is -0.449 e. The highest BCUT2D eigenvalue weighted by molar-refractivity contribution is 5.92. The van der Waals surface area contributed by atoms with E-state index in [2.05, 4.69) is 0 Å². The molecule has 0 atom stereocenters. The van der Waals surface area contributed by atoms with Crippen LogP contribution in [-0.2, 0) is 11.3 Å². The van der Waals surface area contributed by atoms with Crippen LogP contribution in [0.25, 0.3) is 0 Å². The third kappa shape index (κ3) is 1.60. The predicted octanol–water partition coefficient (Wildman–Crippen LogP) is 2.02. The molecule has 90 valence electrons. The van der Waals surface area contributed by atoms with Gasteiger partial charge in [0, 0.05) is 13.0 Å². The van der Waals surface area contributed by atoms with Crippen LogP contribution >= 0.6 is 0 Å². The van der Waals surface area contributed by atoms with E-state index >= 15 is 0 Å². The Balaban J connectivity index is 2.03. The Morgan fingerprint density at radius 3 is 2.76 bits per heavy atom. The minimum atomic E-state index is -0.227. The topological polar surface area (TPSA) is 55.6 Å². The van der Waals surface area contributed by atoms with Crippen molar-refractivity contribution in [2.24, 2.45) is 5.73 Å². The highest BCUT2D eigenvalue weighted by Gasteiger charge is 2.53. The first-order chi connectivity index (χ1) is 8.27. The van der Waals surface area contributed by atoms with Gasteiger partial charge in [-0.3, -0.25) is 4.90 Å².